The first kappa shape index (κ1) is 20.1. The molecule has 0 saturated heterocycles. The molecular formula is C22H17F3N4O3. The molecule has 1 amide bonds. The normalized spacial score (nSPS) is 13.9. The van der Waals surface area contributed by atoms with Crippen LogP contribution in [0.4, 0.5) is 18.9 Å². The van der Waals surface area contributed by atoms with Gasteiger partial charge in [0.25, 0.3) is 5.91 Å². The van der Waals surface area contributed by atoms with Crippen LogP contribution in [0.5, 0.6) is 5.75 Å². The molecule has 4 aromatic rings. The number of rotatable bonds is 3. The molecule has 32 heavy (non-hydrogen) atoms. The number of alkyl halides is 3. The van der Waals surface area contributed by atoms with Crippen molar-refractivity contribution < 1.29 is 27.1 Å². The van der Waals surface area contributed by atoms with E-state index in [-0.39, 0.29) is 29.1 Å². The van der Waals surface area contributed by atoms with Gasteiger partial charge in [-0.15, -0.1) is 18.3 Å². The number of ether oxygens (including phenoxy) is 1. The molecule has 5 rings (SSSR count). The van der Waals surface area contributed by atoms with Crippen molar-refractivity contribution in [3.8, 4) is 17.1 Å². The van der Waals surface area contributed by atoms with E-state index in [1.807, 2.05) is 24.3 Å². The van der Waals surface area contributed by atoms with Crippen LogP contribution < -0.4 is 9.64 Å². The molecular weight excluding hydrogens is 425 g/mol. The third-order valence-electron chi connectivity index (χ3n) is 5.31. The summed E-state index contributed by atoms with van der Waals surface area (Å²) in [6.45, 7) is 2.29. The number of aryl methyl sites for hydroxylation is 2. The van der Waals surface area contributed by atoms with Gasteiger partial charge in [-0.1, -0.05) is 18.2 Å². The van der Waals surface area contributed by atoms with Crippen LogP contribution in [0.15, 0.2) is 52.9 Å². The molecule has 3 heterocycles. The molecule has 0 fully saturated rings. The standard InChI is InChI=1S/C22H17F3N4O3/c1-13-18(20(30)28-12-4-6-14-5-2-3-7-17(14)28)31-21-26-19(27-29(13)21)15-8-10-16(11-9-15)32-22(23,24)25/h2-3,5,7-11H,4,6,12H2,1H3. The molecule has 0 spiro atoms. The van der Waals surface area contributed by atoms with Crippen LogP contribution in [0, 0.1) is 6.92 Å². The zero-order valence-corrected chi connectivity index (χ0v) is 16.9. The highest BCUT2D eigenvalue weighted by Gasteiger charge is 2.31. The second-order valence-corrected chi connectivity index (χ2v) is 7.41. The molecule has 0 unspecified atom stereocenters. The van der Waals surface area contributed by atoms with E-state index in [2.05, 4.69) is 14.8 Å². The lowest BCUT2D eigenvalue weighted by atomic mass is 10.0. The highest BCUT2D eigenvalue weighted by Crippen LogP contribution is 2.30. The Hall–Kier alpha value is -3.82. The van der Waals surface area contributed by atoms with Crippen molar-refractivity contribution in [2.75, 3.05) is 11.4 Å². The van der Waals surface area contributed by atoms with E-state index in [9.17, 15) is 18.0 Å². The second-order valence-electron chi connectivity index (χ2n) is 7.41. The predicted molar refractivity (Wildman–Crippen MR) is 109 cm³/mol. The van der Waals surface area contributed by atoms with Crippen LogP contribution in [0.1, 0.15) is 28.2 Å². The fourth-order valence-corrected chi connectivity index (χ4v) is 3.84. The number of hydrogen-bond acceptors (Lipinski definition) is 5. The first-order valence-corrected chi connectivity index (χ1v) is 9.92. The van der Waals surface area contributed by atoms with E-state index in [1.54, 1.807) is 11.8 Å². The SMILES string of the molecule is Cc1c(C(=O)N2CCCc3ccccc32)oc2nc(-c3ccc(OC(F)(F)F)cc3)nn12. The molecule has 7 nitrogen and oxygen atoms in total. The minimum atomic E-state index is -4.76. The van der Waals surface area contributed by atoms with Gasteiger partial charge in [-0.2, -0.15) is 9.50 Å². The molecule has 0 atom stereocenters. The summed E-state index contributed by atoms with van der Waals surface area (Å²) in [5.74, 6) is -0.0705. The van der Waals surface area contributed by atoms with Gasteiger partial charge in [0.2, 0.25) is 5.76 Å². The minimum absolute atomic E-state index is 0.127. The number of anilines is 1. The van der Waals surface area contributed by atoms with Crippen LogP contribution in [0.2, 0.25) is 0 Å². The van der Waals surface area contributed by atoms with Crippen LogP contribution >= 0.6 is 0 Å². The molecule has 0 radical (unpaired) electrons. The number of nitrogens with zero attached hydrogens (tertiary/aromatic N) is 4. The van der Waals surface area contributed by atoms with Crippen LogP contribution in [0.3, 0.4) is 0 Å². The van der Waals surface area contributed by atoms with E-state index in [0.717, 1.165) is 24.1 Å². The lowest BCUT2D eigenvalue weighted by Gasteiger charge is -2.28. The maximum Gasteiger partial charge on any atom is 0.573 e. The van der Waals surface area contributed by atoms with E-state index in [0.29, 0.717) is 17.8 Å². The summed E-state index contributed by atoms with van der Waals surface area (Å²) in [6, 6.07) is 13.0. The fraction of sp³-hybridized carbons (Fsp3) is 0.227. The maximum absolute atomic E-state index is 13.2. The molecule has 2 aromatic carbocycles. The van der Waals surface area contributed by atoms with Crippen LogP contribution in [0.25, 0.3) is 17.2 Å². The monoisotopic (exact) mass is 442 g/mol. The van der Waals surface area contributed by atoms with Crippen molar-refractivity contribution >= 4 is 17.4 Å². The topological polar surface area (TPSA) is 72.9 Å². The van der Waals surface area contributed by atoms with Crippen molar-refractivity contribution in [3.63, 3.8) is 0 Å². The fourth-order valence-electron chi connectivity index (χ4n) is 3.84. The average molecular weight is 442 g/mol. The first-order chi connectivity index (χ1) is 15.3. The molecule has 0 saturated carbocycles. The molecule has 164 valence electrons. The second kappa shape index (κ2) is 7.40. The predicted octanol–water partition coefficient (Wildman–Crippen LogP) is 4.79. The number of para-hydroxylation sites is 1. The number of fused-ring (bicyclic) bond motifs is 2. The third-order valence-corrected chi connectivity index (χ3v) is 5.31. The van der Waals surface area contributed by atoms with Crippen molar-refractivity contribution in [1.82, 2.24) is 14.6 Å². The smallest absolute Gasteiger partial charge is 0.416 e. The summed E-state index contributed by atoms with van der Waals surface area (Å²) in [6.07, 6.45) is -2.99. The van der Waals surface area contributed by atoms with Crippen LogP contribution in [-0.2, 0) is 6.42 Å². The molecule has 1 aliphatic heterocycles. The van der Waals surface area contributed by atoms with Gasteiger partial charge in [-0.05, 0) is 55.7 Å². The van der Waals surface area contributed by atoms with Gasteiger partial charge >= 0.3 is 12.2 Å². The summed E-state index contributed by atoms with van der Waals surface area (Å²) < 4.78 is 48.0. The molecule has 0 bridgehead atoms. The number of oxazole rings is 1. The Kier molecular flexibility index (Phi) is 4.65. The van der Waals surface area contributed by atoms with Crippen molar-refractivity contribution in [1.29, 1.82) is 0 Å². The molecule has 10 heteroatoms. The van der Waals surface area contributed by atoms with Gasteiger partial charge in [0.1, 0.15) is 5.75 Å². The van der Waals surface area contributed by atoms with Crippen LogP contribution in [-0.4, -0.2) is 33.4 Å². The number of carbonyl (C=O) groups is 1. The third kappa shape index (κ3) is 3.57. The number of amides is 1. The maximum atomic E-state index is 13.2. The summed E-state index contributed by atoms with van der Waals surface area (Å²) in [4.78, 5) is 19.2. The number of aromatic nitrogens is 3. The summed E-state index contributed by atoms with van der Waals surface area (Å²) in [5, 5.41) is 4.36. The molecule has 0 aliphatic carbocycles. The zero-order valence-electron chi connectivity index (χ0n) is 16.9. The van der Waals surface area contributed by atoms with E-state index < -0.39 is 6.36 Å². The van der Waals surface area contributed by atoms with E-state index in [1.165, 1.54) is 28.8 Å². The lowest BCUT2D eigenvalue weighted by Crippen LogP contribution is -2.35. The Morgan fingerprint density at radius 2 is 1.88 bits per heavy atom. The number of hydrogen-bond donors (Lipinski definition) is 0. The van der Waals surface area contributed by atoms with Crippen molar-refractivity contribution in [3.05, 3.63) is 65.5 Å². The van der Waals surface area contributed by atoms with Gasteiger partial charge < -0.3 is 14.1 Å². The summed E-state index contributed by atoms with van der Waals surface area (Å²) in [5.41, 5.74) is 2.95. The minimum Gasteiger partial charge on any atom is -0.416 e. The Morgan fingerprint density at radius 1 is 1.12 bits per heavy atom. The quantitative estimate of drug-likeness (QED) is 0.456. The largest absolute Gasteiger partial charge is 0.573 e. The van der Waals surface area contributed by atoms with Gasteiger partial charge in [-0.25, -0.2) is 0 Å². The van der Waals surface area contributed by atoms with Gasteiger partial charge in [0.15, 0.2) is 5.82 Å². The Bertz CT molecular complexity index is 1310. The average Bonchev–Trinajstić information content (AvgIpc) is 3.32. The molecule has 1 aliphatic rings. The summed E-state index contributed by atoms with van der Waals surface area (Å²) >= 11 is 0. The Morgan fingerprint density at radius 3 is 2.59 bits per heavy atom. The zero-order chi connectivity index (χ0) is 22.5. The molecule has 0 N–H and O–H groups in total. The van der Waals surface area contributed by atoms with Gasteiger partial charge in [-0.3, -0.25) is 4.79 Å². The Labute approximate surface area is 180 Å². The van der Waals surface area contributed by atoms with Gasteiger partial charge in [0.05, 0.1) is 5.69 Å². The number of halogens is 3. The summed E-state index contributed by atoms with van der Waals surface area (Å²) in [7, 11) is 0. The van der Waals surface area contributed by atoms with Crippen molar-refractivity contribution in [2.45, 2.75) is 26.1 Å². The van der Waals surface area contributed by atoms with E-state index >= 15 is 0 Å². The number of benzene rings is 2. The van der Waals surface area contributed by atoms with Crippen molar-refractivity contribution in [2.24, 2.45) is 0 Å². The molecule has 2 aromatic heterocycles. The lowest BCUT2D eigenvalue weighted by molar-refractivity contribution is -0.274. The first-order valence-electron chi connectivity index (χ1n) is 9.92. The van der Waals surface area contributed by atoms with E-state index in [4.69, 9.17) is 4.42 Å². The highest BCUT2D eigenvalue weighted by molar-refractivity contribution is 6.05. The Balaban J connectivity index is 1.43. The number of carbonyl (C=O) groups excluding carboxylic acids is 1. The highest BCUT2D eigenvalue weighted by atomic mass is 19.4. The van der Waals surface area contributed by atoms with Gasteiger partial charge in [0, 0.05) is 17.8 Å².